The number of hydrogen-bond donors (Lipinski definition) is 2. The van der Waals surface area contributed by atoms with E-state index in [2.05, 4.69) is 10.1 Å². The summed E-state index contributed by atoms with van der Waals surface area (Å²) in [5.41, 5.74) is 3.59. The lowest BCUT2D eigenvalue weighted by atomic mass is 9.91. The van der Waals surface area contributed by atoms with Gasteiger partial charge in [-0.05, 0) is 51.3 Å². The average molecular weight is 557 g/mol. The number of ether oxygens (including phenoxy) is 2. The first kappa shape index (κ1) is 30.1. The van der Waals surface area contributed by atoms with E-state index in [-0.39, 0.29) is 17.5 Å². The molecule has 11 heteroatoms. The van der Waals surface area contributed by atoms with Crippen molar-refractivity contribution in [1.82, 2.24) is 5.16 Å². The van der Waals surface area contributed by atoms with Gasteiger partial charge in [-0.3, -0.25) is 4.79 Å². The van der Waals surface area contributed by atoms with E-state index >= 15 is 0 Å². The Kier molecular flexibility index (Phi) is 10.2. The number of ketones is 1. The first-order chi connectivity index (χ1) is 19.1. The molecule has 1 saturated heterocycles. The Labute approximate surface area is 231 Å². The molecule has 10 nitrogen and oxygen atoms in total. The van der Waals surface area contributed by atoms with Gasteiger partial charge in [-0.2, -0.15) is 0 Å². The lowest BCUT2D eigenvalue weighted by molar-refractivity contribution is -0.134. The molecule has 0 saturated carbocycles. The van der Waals surface area contributed by atoms with Crippen molar-refractivity contribution >= 4 is 34.4 Å². The zero-order valence-electron chi connectivity index (χ0n) is 22.9. The number of benzene rings is 2. The minimum Gasteiger partial charge on any atom is -0.494 e. The maximum Gasteiger partial charge on any atom is 0.328 e. The summed E-state index contributed by atoms with van der Waals surface area (Å²) < 4.78 is 30.9. The van der Waals surface area contributed by atoms with Crippen molar-refractivity contribution in [1.29, 1.82) is 0 Å². The van der Waals surface area contributed by atoms with Crippen molar-refractivity contribution in [3.8, 4) is 11.5 Å². The Morgan fingerprint density at radius 2 is 1.90 bits per heavy atom. The predicted molar refractivity (Wildman–Crippen MR) is 146 cm³/mol. The first-order valence-corrected chi connectivity index (χ1v) is 12.9. The third-order valence-corrected chi connectivity index (χ3v) is 6.47. The van der Waals surface area contributed by atoms with Gasteiger partial charge in [-0.1, -0.05) is 12.1 Å². The van der Waals surface area contributed by atoms with Gasteiger partial charge < -0.3 is 29.1 Å². The maximum atomic E-state index is 13.6. The van der Waals surface area contributed by atoms with Gasteiger partial charge in [-0.25, -0.2) is 14.0 Å². The number of methoxy groups -OCH3 is 1. The van der Waals surface area contributed by atoms with E-state index in [0.29, 0.717) is 47.9 Å². The number of aliphatic carboxylic acids is 2. The van der Waals surface area contributed by atoms with Crippen LogP contribution in [-0.4, -0.2) is 59.9 Å². The van der Waals surface area contributed by atoms with Crippen molar-refractivity contribution in [2.75, 3.05) is 31.7 Å². The summed E-state index contributed by atoms with van der Waals surface area (Å²) in [5, 5.41) is 20.7. The number of fused-ring (bicyclic) bond motifs is 1. The average Bonchev–Trinajstić information content (AvgIpc) is 3.34. The molecule has 0 spiro atoms. The highest BCUT2D eigenvalue weighted by Crippen LogP contribution is 2.45. The van der Waals surface area contributed by atoms with E-state index in [0.717, 1.165) is 48.1 Å². The van der Waals surface area contributed by atoms with Crippen LogP contribution in [0.3, 0.4) is 0 Å². The summed E-state index contributed by atoms with van der Waals surface area (Å²) in [6.07, 6.45) is 3.87. The fourth-order valence-electron chi connectivity index (χ4n) is 4.73. The molecule has 1 aromatic heterocycles. The summed E-state index contributed by atoms with van der Waals surface area (Å²) >= 11 is 0. The Hall–Kier alpha value is -4.41. The molecular formula is C29H33FN2O8. The SMILES string of the molecule is CCCOc1cc(C(C)=O)c(C)c(OC)c1N1CCCC(c2noc3cc(F)ccc23)C1.O=C(O)/C=C/C(=O)O. The van der Waals surface area contributed by atoms with E-state index in [4.69, 9.17) is 24.2 Å². The molecule has 2 N–H and O–H groups in total. The third-order valence-electron chi connectivity index (χ3n) is 6.47. The molecule has 0 bridgehead atoms. The second kappa shape index (κ2) is 13.6. The Morgan fingerprint density at radius 1 is 1.20 bits per heavy atom. The second-order valence-electron chi connectivity index (χ2n) is 9.34. The molecule has 0 radical (unpaired) electrons. The second-order valence-corrected chi connectivity index (χ2v) is 9.34. The molecule has 1 unspecified atom stereocenters. The summed E-state index contributed by atoms with van der Waals surface area (Å²) in [5.74, 6) is -1.43. The van der Waals surface area contributed by atoms with Crippen LogP contribution in [0.5, 0.6) is 11.5 Å². The Balaban J connectivity index is 0.000000482. The van der Waals surface area contributed by atoms with Crippen molar-refractivity contribution in [3.63, 3.8) is 0 Å². The lowest BCUT2D eigenvalue weighted by Gasteiger charge is -2.36. The fourth-order valence-corrected chi connectivity index (χ4v) is 4.73. The zero-order valence-corrected chi connectivity index (χ0v) is 22.9. The van der Waals surface area contributed by atoms with E-state index in [1.54, 1.807) is 20.1 Å². The quantitative estimate of drug-likeness (QED) is 0.261. The molecule has 1 fully saturated rings. The number of carboxylic acids is 2. The summed E-state index contributed by atoms with van der Waals surface area (Å²) in [6, 6.07) is 6.38. The number of halogens is 1. The number of carbonyl (C=O) groups excluding carboxylic acids is 1. The van der Waals surface area contributed by atoms with Crippen LogP contribution in [0, 0.1) is 12.7 Å². The summed E-state index contributed by atoms with van der Waals surface area (Å²) in [6.45, 7) is 7.58. The van der Waals surface area contributed by atoms with Gasteiger partial charge in [-0.15, -0.1) is 0 Å². The molecular weight excluding hydrogens is 523 g/mol. The monoisotopic (exact) mass is 556 g/mol. The number of Topliss-reactive ketones (excluding diaryl/α,β-unsaturated/α-hetero) is 1. The van der Waals surface area contributed by atoms with E-state index < -0.39 is 11.9 Å². The highest BCUT2D eigenvalue weighted by Gasteiger charge is 2.31. The maximum absolute atomic E-state index is 13.6. The number of anilines is 1. The summed E-state index contributed by atoms with van der Waals surface area (Å²) in [4.78, 5) is 33.6. The van der Waals surface area contributed by atoms with Crippen LogP contribution < -0.4 is 14.4 Å². The number of piperidine rings is 1. The van der Waals surface area contributed by atoms with Crippen LogP contribution in [0.2, 0.25) is 0 Å². The number of aromatic nitrogens is 1. The molecule has 214 valence electrons. The normalized spacial score (nSPS) is 15.0. The summed E-state index contributed by atoms with van der Waals surface area (Å²) in [7, 11) is 1.63. The molecule has 1 aliphatic rings. The van der Waals surface area contributed by atoms with Crippen LogP contribution in [0.1, 0.15) is 60.6 Å². The van der Waals surface area contributed by atoms with Crippen LogP contribution >= 0.6 is 0 Å². The van der Waals surface area contributed by atoms with Crippen molar-refractivity contribution in [3.05, 3.63) is 59.1 Å². The van der Waals surface area contributed by atoms with Crippen molar-refractivity contribution < 1.29 is 43.0 Å². The molecule has 40 heavy (non-hydrogen) atoms. The Bertz CT molecular complexity index is 1400. The van der Waals surface area contributed by atoms with Gasteiger partial charge in [0.15, 0.2) is 11.4 Å². The standard InChI is InChI=1S/C25H29FN2O4.C4H4O4/c1-5-11-31-22-13-20(16(3)29)15(2)25(30-4)24(22)28-10-6-7-17(14-28)23-19-9-8-18(26)12-21(19)32-27-23;5-3(6)1-2-4(7)8/h8-9,12-13,17H,5-7,10-11,14H2,1-4H3;1-2H,(H,5,6)(H,7,8)/b;2-1+. The largest absolute Gasteiger partial charge is 0.494 e. The molecule has 2 heterocycles. The molecule has 1 aliphatic heterocycles. The molecule has 2 aromatic carbocycles. The van der Waals surface area contributed by atoms with E-state index in [1.165, 1.54) is 12.1 Å². The number of carboxylic acid groups (broad SMARTS) is 2. The van der Waals surface area contributed by atoms with Gasteiger partial charge in [0.1, 0.15) is 23.0 Å². The van der Waals surface area contributed by atoms with Gasteiger partial charge >= 0.3 is 11.9 Å². The molecule has 1 atom stereocenters. The highest BCUT2D eigenvalue weighted by atomic mass is 19.1. The number of nitrogens with zero attached hydrogens (tertiary/aromatic N) is 2. The molecule has 0 aliphatic carbocycles. The predicted octanol–water partition coefficient (Wildman–Crippen LogP) is 5.37. The van der Waals surface area contributed by atoms with Gasteiger partial charge in [0.05, 0.1) is 19.4 Å². The smallest absolute Gasteiger partial charge is 0.328 e. The fraction of sp³-hybridized carbons (Fsp3) is 0.379. The van der Waals surface area contributed by atoms with Gasteiger partial charge in [0, 0.05) is 53.7 Å². The number of carbonyl (C=O) groups is 3. The van der Waals surface area contributed by atoms with Crippen molar-refractivity contribution in [2.45, 2.75) is 46.0 Å². The minimum atomic E-state index is -1.26. The minimum absolute atomic E-state index is 0.0217. The zero-order chi connectivity index (χ0) is 29.4. The lowest BCUT2D eigenvalue weighted by Crippen LogP contribution is -2.35. The molecule has 3 aromatic rings. The highest BCUT2D eigenvalue weighted by molar-refractivity contribution is 5.98. The van der Waals surface area contributed by atoms with Crippen LogP contribution in [0.4, 0.5) is 10.1 Å². The van der Waals surface area contributed by atoms with Crippen molar-refractivity contribution in [2.24, 2.45) is 0 Å². The van der Waals surface area contributed by atoms with Crippen LogP contribution in [0.25, 0.3) is 11.0 Å². The number of hydrogen-bond acceptors (Lipinski definition) is 8. The topological polar surface area (TPSA) is 139 Å². The van der Waals surface area contributed by atoms with E-state index in [1.807, 2.05) is 19.9 Å². The molecule has 0 amide bonds. The first-order valence-electron chi connectivity index (χ1n) is 12.9. The third kappa shape index (κ3) is 7.16. The van der Waals surface area contributed by atoms with Crippen LogP contribution in [0.15, 0.2) is 40.9 Å². The van der Waals surface area contributed by atoms with Gasteiger partial charge in [0.2, 0.25) is 0 Å². The Morgan fingerprint density at radius 3 is 2.50 bits per heavy atom. The van der Waals surface area contributed by atoms with Gasteiger partial charge in [0.25, 0.3) is 0 Å². The number of rotatable bonds is 9. The van der Waals surface area contributed by atoms with Crippen LogP contribution in [-0.2, 0) is 9.59 Å². The molecule has 4 rings (SSSR count). The van der Waals surface area contributed by atoms with E-state index in [9.17, 15) is 18.8 Å².